The molecule has 0 radical (unpaired) electrons. The van der Waals surface area contributed by atoms with E-state index in [0.717, 1.165) is 0 Å². The third-order valence-corrected chi connectivity index (χ3v) is 2.27. The molecule has 4 nitrogen and oxygen atoms in total. The highest BCUT2D eigenvalue weighted by atomic mass is 35.5. The van der Waals surface area contributed by atoms with Gasteiger partial charge in [-0.15, -0.1) is 0 Å². The molecular weight excluding hydrogens is 220 g/mol. The first-order chi connectivity index (χ1) is 7.22. The molecule has 15 heavy (non-hydrogen) atoms. The SMILES string of the molecule is COc1ccc2c(c1CC(=O)Cl)OCO2. The van der Waals surface area contributed by atoms with Crippen LogP contribution in [-0.4, -0.2) is 19.1 Å². The van der Waals surface area contributed by atoms with E-state index in [2.05, 4.69) is 0 Å². The minimum absolute atomic E-state index is 0.0667. The van der Waals surface area contributed by atoms with Crippen molar-refractivity contribution in [2.24, 2.45) is 0 Å². The molecule has 5 heteroatoms. The molecule has 2 rings (SSSR count). The third kappa shape index (κ3) is 1.85. The molecular formula is C10H9ClO4. The first-order valence-corrected chi connectivity index (χ1v) is 4.74. The Hall–Kier alpha value is -1.42. The molecule has 0 aliphatic carbocycles. The van der Waals surface area contributed by atoms with Crippen LogP contribution >= 0.6 is 11.6 Å². The number of hydrogen-bond donors (Lipinski definition) is 0. The van der Waals surface area contributed by atoms with Crippen molar-refractivity contribution in [2.45, 2.75) is 6.42 Å². The molecule has 1 heterocycles. The Morgan fingerprint density at radius 3 is 3.00 bits per heavy atom. The van der Waals surface area contributed by atoms with Gasteiger partial charge in [-0.2, -0.15) is 0 Å². The quantitative estimate of drug-likeness (QED) is 0.740. The molecule has 1 aliphatic rings. The van der Waals surface area contributed by atoms with Crippen LogP contribution in [0.1, 0.15) is 5.56 Å². The van der Waals surface area contributed by atoms with Crippen molar-refractivity contribution in [1.29, 1.82) is 0 Å². The molecule has 0 amide bonds. The Kier molecular flexibility index (Phi) is 2.68. The lowest BCUT2D eigenvalue weighted by Crippen LogP contribution is -2.00. The molecule has 1 aromatic carbocycles. The number of carbonyl (C=O) groups is 1. The Bertz CT molecular complexity index is 403. The van der Waals surface area contributed by atoms with Crippen molar-refractivity contribution in [3.8, 4) is 17.2 Å². The molecule has 80 valence electrons. The summed E-state index contributed by atoms with van der Waals surface area (Å²) in [5.41, 5.74) is 0.632. The van der Waals surface area contributed by atoms with Crippen LogP contribution in [0, 0.1) is 0 Å². The van der Waals surface area contributed by atoms with E-state index in [0.29, 0.717) is 22.8 Å². The fraction of sp³-hybridized carbons (Fsp3) is 0.300. The average molecular weight is 229 g/mol. The molecule has 0 fully saturated rings. The summed E-state index contributed by atoms with van der Waals surface area (Å²) in [4.78, 5) is 10.9. The molecule has 0 bridgehead atoms. The van der Waals surface area contributed by atoms with Crippen LogP contribution < -0.4 is 14.2 Å². The molecule has 0 saturated carbocycles. The maximum Gasteiger partial charge on any atom is 0.231 e. The number of carbonyl (C=O) groups excluding carboxylic acids is 1. The standard InChI is InChI=1S/C10H9ClO4/c1-13-7-2-3-8-10(15-5-14-8)6(7)4-9(11)12/h2-3H,4-5H2,1H3. The van der Waals surface area contributed by atoms with Crippen LogP contribution in [-0.2, 0) is 11.2 Å². The Morgan fingerprint density at radius 1 is 1.53 bits per heavy atom. The molecule has 0 aromatic heterocycles. The van der Waals surface area contributed by atoms with Gasteiger partial charge in [0.2, 0.25) is 12.0 Å². The van der Waals surface area contributed by atoms with Gasteiger partial charge in [0, 0.05) is 5.56 Å². The van der Waals surface area contributed by atoms with E-state index in [1.807, 2.05) is 0 Å². The average Bonchev–Trinajstić information content (AvgIpc) is 2.65. The summed E-state index contributed by atoms with van der Waals surface area (Å²) in [5.74, 6) is 1.74. The molecule has 0 spiro atoms. The maximum atomic E-state index is 10.9. The molecule has 0 unspecified atom stereocenters. The van der Waals surface area contributed by atoms with Gasteiger partial charge < -0.3 is 14.2 Å². The van der Waals surface area contributed by atoms with Gasteiger partial charge >= 0.3 is 0 Å². The highest BCUT2D eigenvalue weighted by Gasteiger charge is 2.22. The summed E-state index contributed by atoms with van der Waals surface area (Å²) < 4.78 is 15.6. The van der Waals surface area contributed by atoms with Crippen LogP contribution in [0.3, 0.4) is 0 Å². The zero-order chi connectivity index (χ0) is 10.8. The molecule has 0 saturated heterocycles. The van der Waals surface area contributed by atoms with Crippen LogP contribution in [0.15, 0.2) is 12.1 Å². The van der Waals surface area contributed by atoms with Gasteiger partial charge in [0.15, 0.2) is 11.5 Å². The van der Waals surface area contributed by atoms with Crippen LogP contribution in [0.25, 0.3) is 0 Å². The topological polar surface area (TPSA) is 44.8 Å². The summed E-state index contributed by atoms with van der Waals surface area (Å²) in [6.07, 6.45) is 0.0667. The van der Waals surface area contributed by atoms with Gasteiger partial charge in [-0.05, 0) is 23.7 Å². The van der Waals surface area contributed by atoms with E-state index in [9.17, 15) is 4.79 Å². The summed E-state index contributed by atoms with van der Waals surface area (Å²) in [7, 11) is 1.53. The second-order valence-corrected chi connectivity index (χ2v) is 3.43. The molecule has 1 aliphatic heterocycles. The van der Waals surface area contributed by atoms with Crippen LogP contribution in [0.2, 0.25) is 0 Å². The van der Waals surface area contributed by atoms with Gasteiger partial charge in [-0.3, -0.25) is 4.79 Å². The van der Waals surface area contributed by atoms with Gasteiger partial charge in [0.25, 0.3) is 0 Å². The summed E-state index contributed by atoms with van der Waals surface area (Å²) in [6.45, 7) is 0.159. The Morgan fingerprint density at radius 2 is 2.33 bits per heavy atom. The number of hydrogen-bond acceptors (Lipinski definition) is 4. The fourth-order valence-electron chi connectivity index (χ4n) is 1.51. The van der Waals surface area contributed by atoms with Crippen molar-refractivity contribution in [1.82, 2.24) is 0 Å². The number of rotatable bonds is 3. The van der Waals surface area contributed by atoms with Crippen LogP contribution in [0.5, 0.6) is 17.2 Å². The second kappa shape index (κ2) is 3.98. The Labute approximate surface area is 91.7 Å². The number of benzene rings is 1. The highest BCUT2D eigenvalue weighted by Crippen LogP contribution is 2.41. The number of halogens is 1. The first-order valence-electron chi connectivity index (χ1n) is 4.36. The van der Waals surface area contributed by atoms with E-state index in [4.69, 9.17) is 25.8 Å². The lowest BCUT2D eigenvalue weighted by atomic mass is 10.1. The van der Waals surface area contributed by atoms with E-state index in [1.54, 1.807) is 12.1 Å². The predicted octanol–water partition coefficient (Wildman–Crippen LogP) is 1.73. The van der Waals surface area contributed by atoms with E-state index in [1.165, 1.54) is 7.11 Å². The zero-order valence-corrected chi connectivity index (χ0v) is 8.84. The highest BCUT2D eigenvalue weighted by molar-refractivity contribution is 6.63. The van der Waals surface area contributed by atoms with E-state index in [-0.39, 0.29) is 13.2 Å². The van der Waals surface area contributed by atoms with Crippen molar-refractivity contribution in [3.63, 3.8) is 0 Å². The predicted molar refractivity (Wildman–Crippen MR) is 53.7 cm³/mol. The number of methoxy groups -OCH3 is 1. The maximum absolute atomic E-state index is 10.9. The van der Waals surface area contributed by atoms with Crippen LogP contribution in [0.4, 0.5) is 0 Å². The molecule has 1 aromatic rings. The molecule has 0 atom stereocenters. The number of ether oxygens (including phenoxy) is 3. The lowest BCUT2D eigenvalue weighted by molar-refractivity contribution is -0.111. The normalized spacial score (nSPS) is 12.7. The first kappa shape index (κ1) is 10.1. The zero-order valence-electron chi connectivity index (χ0n) is 8.08. The minimum atomic E-state index is -0.461. The molecule has 0 N–H and O–H groups in total. The smallest absolute Gasteiger partial charge is 0.231 e. The summed E-state index contributed by atoms with van der Waals surface area (Å²) in [5, 5.41) is -0.461. The van der Waals surface area contributed by atoms with E-state index >= 15 is 0 Å². The number of fused-ring (bicyclic) bond motifs is 1. The monoisotopic (exact) mass is 228 g/mol. The lowest BCUT2D eigenvalue weighted by Gasteiger charge is -2.09. The third-order valence-electron chi connectivity index (χ3n) is 2.13. The van der Waals surface area contributed by atoms with Crippen molar-refractivity contribution < 1.29 is 19.0 Å². The van der Waals surface area contributed by atoms with Gasteiger partial charge in [-0.1, -0.05) is 0 Å². The van der Waals surface area contributed by atoms with Crippen molar-refractivity contribution in [3.05, 3.63) is 17.7 Å². The summed E-state index contributed by atoms with van der Waals surface area (Å²) in [6, 6.07) is 3.46. The van der Waals surface area contributed by atoms with Gasteiger partial charge in [-0.25, -0.2) is 0 Å². The minimum Gasteiger partial charge on any atom is -0.496 e. The largest absolute Gasteiger partial charge is 0.496 e. The Balaban J connectivity index is 2.47. The van der Waals surface area contributed by atoms with Gasteiger partial charge in [0.1, 0.15) is 5.75 Å². The van der Waals surface area contributed by atoms with Crippen molar-refractivity contribution in [2.75, 3.05) is 13.9 Å². The second-order valence-electron chi connectivity index (χ2n) is 3.01. The fourth-order valence-corrected chi connectivity index (χ4v) is 1.64. The van der Waals surface area contributed by atoms with Crippen molar-refractivity contribution >= 4 is 16.8 Å². The summed E-state index contributed by atoms with van der Waals surface area (Å²) >= 11 is 5.35. The van der Waals surface area contributed by atoms with Gasteiger partial charge in [0.05, 0.1) is 13.5 Å². The van der Waals surface area contributed by atoms with E-state index < -0.39 is 5.24 Å².